The fourth-order valence-corrected chi connectivity index (χ4v) is 2.49. The Balaban J connectivity index is 1.66. The van der Waals surface area contributed by atoms with Gasteiger partial charge in [-0.15, -0.1) is 0 Å². The van der Waals surface area contributed by atoms with E-state index in [1.54, 1.807) is 0 Å². The first-order valence-electron chi connectivity index (χ1n) is 6.61. The Labute approximate surface area is 107 Å². The molecular formula is C14H19N3O. The van der Waals surface area contributed by atoms with Crippen LogP contribution in [0.15, 0.2) is 22.7 Å². The van der Waals surface area contributed by atoms with Crippen LogP contribution in [0.25, 0.3) is 11.0 Å². The van der Waals surface area contributed by atoms with Crippen LogP contribution in [0.2, 0.25) is 0 Å². The summed E-state index contributed by atoms with van der Waals surface area (Å²) in [5.41, 5.74) is 3.21. The molecule has 2 heterocycles. The third-order valence-corrected chi connectivity index (χ3v) is 3.64. The van der Waals surface area contributed by atoms with Gasteiger partial charge in [0.15, 0.2) is 5.58 Å². The average Bonchev–Trinajstić information content (AvgIpc) is 2.79. The summed E-state index contributed by atoms with van der Waals surface area (Å²) >= 11 is 0. The van der Waals surface area contributed by atoms with Crippen molar-refractivity contribution in [1.29, 1.82) is 0 Å². The first-order chi connectivity index (χ1) is 8.83. The summed E-state index contributed by atoms with van der Waals surface area (Å²) in [6.45, 7) is 7.64. The van der Waals surface area contributed by atoms with E-state index in [2.05, 4.69) is 33.6 Å². The maximum absolute atomic E-state index is 5.31. The molecule has 4 nitrogen and oxygen atoms in total. The number of hydrogen-bond donors (Lipinski definition) is 1. The van der Waals surface area contributed by atoms with E-state index in [4.69, 9.17) is 4.52 Å². The Morgan fingerprint density at radius 2 is 2.17 bits per heavy atom. The second-order valence-corrected chi connectivity index (χ2v) is 4.94. The Bertz CT molecular complexity index is 529. The van der Waals surface area contributed by atoms with Gasteiger partial charge in [0.05, 0.1) is 5.69 Å². The largest absolute Gasteiger partial charge is 0.356 e. The molecule has 1 aromatic heterocycles. The predicted octanol–water partition coefficient (Wildman–Crippen LogP) is 1.58. The molecule has 0 bridgehead atoms. The van der Waals surface area contributed by atoms with Gasteiger partial charge < -0.3 is 14.7 Å². The molecule has 1 aliphatic heterocycles. The number of piperazine rings is 1. The Kier molecular flexibility index (Phi) is 3.30. The molecule has 1 aromatic carbocycles. The van der Waals surface area contributed by atoms with E-state index in [0.29, 0.717) is 0 Å². The van der Waals surface area contributed by atoms with Gasteiger partial charge in [0.2, 0.25) is 0 Å². The lowest BCUT2D eigenvalue weighted by atomic mass is 10.1. The van der Waals surface area contributed by atoms with Crippen LogP contribution in [0.1, 0.15) is 11.3 Å². The summed E-state index contributed by atoms with van der Waals surface area (Å²) in [6.07, 6.45) is 1.08. The summed E-state index contributed by atoms with van der Waals surface area (Å²) in [5.74, 6) is 0. The van der Waals surface area contributed by atoms with E-state index < -0.39 is 0 Å². The van der Waals surface area contributed by atoms with Gasteiger partial charge in [-0.25, -0.2) is 0 Å². The van der Waals surface area contributed by atoms with Crippen molar-refractivity contribution in [2.45, 2.75) is 13.3 Å². The van der Waals surface area contributed by atoms with Crippen molar-refractivity contribution < 1.29 is 4.52 Å². The van der Waals surface area contributed by atoms with Gasteiger partial charge in [0.1, 0.15) is 0 Å². The molecule has 0 amide bonds. The lowest BCUT2D eigenvalue weighted by molar-refractivity contribution is 0.244. The first-order valence-corrected chi connectivity index (χ1v) is 6.61. The van der Waals surface area contributed by atoms with Crippen molar-refractivity contribution >= 4 is 11.0 Å². The number of rotatable bonds is 3. The molecule has 2 aromatic rings. The number of aromatic nitrogens is 1. The molecule has 0 radical (unpaired) electrons. The Hall–Kier alpha value is -1.39. The highest BCUT2D eigenvalue weighted by Crippen LogP contribution is 2.19. The SMILES string of the molecule is Cc1noc2cc(CCN3CCNCC3)ccc12. The highest BCUT2D eigenvalue weighted by atomic mass is 16.5. The number of benzene rings is 1. The number of nitrogens with one attached hydrogen (secondary N) is 1. The molecule has 1 N–H and O–H groups in total. The van der Waals surface area contributed by atoms with Crippen LogP contribution in [-0.2, 0) is 6.42 Å². The van der Waals surface area contributed by atoms with Gasteiger partial charge in [0, 0.05) is 38.1 Å². The molecule has 18 heavy (non-hydrogen) atoms. The Morgan fingerprint density at radius 1 is 1.33 bits per heavy atom. The van der Waals surface area contributed by atoms with Gasteiger partial charge in [-0.2, -0.15) is 0 Å². The minimum atomic E-state index is 0.908. The monoisotopic (exact) mass is 245 g/mol. The fourth-order valence-electron chi connectivity index (χ4n) is 2.49. The number of hydrogen-bond acceptors (Lipinski definition) is 4. The van der Waals surface area contributed by atoms with Gasteiger partial charge in [0.25, 0.3) is 0 Å². The van der Waals surface area contributed by atoms with Crippen LogP contribution in [-0.4, -0.2) is 42.8 Å². The maximum atomic E-state index is 5.31. The lowest BCUT2D eigenvalue weighted by Gasteiger charge is -2.27. The fraction of sp³-hybridized carbons (Fsp3) is 0.500. The molecule has 0 spiro atoms. The molecule has 0 unspecified atom stereocenters. The zero-order valence-corrected chi connectivity index (χ0v) is 10.8. The van der Waals surface area contributed by atoms with Gasteiger partial charge >= 0.3 is 0 Å². The summed E-state index contributed by atoms with van der Waals surface area (Å²) in [4.78, 5) is 2.51. The summed E-state index contributed by atoms with van der Waals surface area (Å²) in [5, 5.41) is 8.49. The van der Waals surface area contributed by atoms with Crippen LogP contribution in [0.3, 0.4) is 0 Å². The van der Waals surface area contributed by atoms with E-state index in [1.807, 2.05) is 6.92 Å². The van der Waals surface area contributed by atoms with E-state index >= 15 is 0 Å². The van der Waals surface area contributed by atoms with Crippen LogP contribution >= 0.6 is 0 Å². The minimum absolute atomic E-state index is 0.908. The molecule has 1 aliphatic rings. The number of fused-ring (bicyclic) bond motifs is 1. The summed E-state index contributed by atoms with van der Waals surface area (Å²) in [7, 11) is 0. The number of nitrogens with zero attached hydrogens (tertiary/aromatic N) is 2. The van der Waals surface area contributed by atoms with E-state index in [9.17, 15) is 0 Å². The Morgan fingerprint density at radius 3 is 3.00 bits per heavy atom. The van der Waals surface area contributed by atoms with Gasteiger partial charge in [-0.1, -0.05) is 11.2 Å². The minimum Gasteiger partial charge on any atom is -0.356 e. The zero-order chi connectivity index (χ0) is 12.4. The van der Waals surface area contributed by atoms with Crippen molar-refractivity contribution in [3.8, 4) is 0 Å². The standard InChI is InChI=1S/C14H19N3O/c1-11-13-3-2-12(10-14(13)18-16-11)4-7-17-8-5-15-6-9-17/h2-3,10,15H,4-9H2,1H3. The van der Waals surface area contributed by atoms with Gasteiger partial charge in [-0.05, 0) is 31.0 Å². The summed E-state index contributed by atoms with van der Waals surface area (Å²) < 4.78 is 5.31. The molecular weight excluding hydrogens is 226 g/mol. The van der Waals surface area contributed by atoms with E-state index in [0.717, 1.165) is 55.8 Å². The third kappa shape index (κ3) is 2.40. The topological polar surface area (TPSA) is 41.3 Å². The van der Waals surface area contributed by atoms with Crippen molar-refractivity contribution in [1.82, 2.24) is 15.4 Å². The van der Waals surface area contributed by atoms with Crippen LogP contribution < -0.4 is 5.32 Å². The van der Waals surface area contributed by atoms with Crippen LogP contribution in [0.5, 0.6) is 0 Å². The van der Waals surface area contributed by atoms with Crippen LogP contribution in [0, 0.1) is 6.92 Å². The van der Waals surface area contributed by atoms with E-state index in [-0.39, 0.29) is 0 Å². The number of aryl methyl sites for hydroxylation is 1. The smallest absolute Gasteiger partial charge is 0.167 e. The molecule has 0 saturated carbocycles. The lowest BCUT2D eigenvalue weighted by Crippen LogP contribution is -2.44. The normalized spacial score (nSPS) is 17.4. The molecule has 96 valence electrons. The highest BCUT2D eigenvalue weighted by molar-refractivity contribution is 5.79. The maximum Gasteiger partial charge on any atom is 0.167 e. The van der Waals surface area contributed by atoms with E-state index in [1.165, 1.54) is 5.56 Å². The van der Waals surface area contributed by atoms with Crippen LogP contribution in [0.4, 0.5) is 0 Å². The molecule has 0 atom stereocenters. The second kappa shape index (κ2) is 5.08. The predicted molar refractivity (Wildman–Crippen MR) is 71.8 cm³/mol. The van der Waals surface area contributed by atoms with Crippen molar-refractivity contribution in [3.63, 3.8) is 0 Å². The molecule has 4 heteroatoms. The third-order valence-electron chi connectivity index (χ3n) is 3.64. The molecule has 3 rings (SSSR count). The molecule has 1 saturated heterocycles. The average molecular weight is 245 g/mol. The zero-order valence-electron chi connectivity index (χ0n) is 10.8. The second-order valence-electron chi connectivity index (χ2n) is 4.94. The van der Waals surface area contributed by atoms with Crippen molar-refractivity contribution in [3.05, 3.63) is 29.5 Å². The summed E-state index contributed by atoms with van der Waals surface area (Å²) in [6, 6.07) is 6.43. The molecule has 0 aliphatic carbocycles. The first kappa shape index (κ1) is 11.7. The van der Waals surface area contributed by atoms with Crippen molar-refractivity contribution in [2.75, 3.05) is 32.7 Å². The highest BCUT2D eigenvalue weighted by Gasteiger charge is 2.10. The molecule has 1 fully saturated rings. The quantitative estimate of drug-likeness (QED) is 0.891. The van der Waals surface area contributed by atoms with Crippen molar-refractivity contribution in [2.24, 2.45) is 0 Å². The van der Waals surface area contributed by atoms with Gasteiger partial charge in [-0.3, -0.25) is 0 Å².